The van der Waals surface area contributed by atoms with Crippen LogP contribution < -0.4 is 5.32 Å². The molecule has 142 valence electrons. The average Bonchev–Trinajstić information content (AvgIpc) is 3.08. The smallest absolute Gasteiger partial charge is 0.359 e. The molecular weight excluding hydrogens is 366 g/mol. The van der Waals surface area contributed by atoms with Gasteiger partial charge >= 0.3 is 6.18 Å². The van der Waals surface area contributed by atoms with Crippen molar-refractivity contribution >= 4 is 12.6 Å². The van der Waals surface area contributed by atoms with E-state index in [1.165, 1.54) is 31.2 Å². The molecule has 2 rings (SSSR count). The molecule has 1 heterocycles. The number of aliphatic imine (C=N–C) groups is 1. The second-order valence-corrected chi connectivity index (χ2v) is 5.40. The summed E-state index contributed by atoms with van der Waals surface area (Å²) in [7, 11) is 0. The van der Waals surface area contributed by atoms with E-state index in [0.717, 1.165) is 6.08 Å². The number of alkyl halides is 3. The number of amides is 1. The van der Waals surface area contributed by atoms with Gasteiger partial charge in [-0.05, 0) is 31.9 Å². The third-order valence-corrected chi connectivity index (χ3v) is 3.44. The maximum atomic E-state index is 13.7. The molecule has 0 bridgehead atoms. The summed E-state index contributed by atoms with van der Waals surface area (Å²) >= 11 is 0. The van der Waals surface area contributed by atoms with Crippen LogP contribution in [-0.4, -0.2) is 24.0 Å². The third-order valence-electron chi connectivity index (χ3n) is 3.44. The van der Waals surface area contributed by atoms with Crippen molar-refractivity contribution in [1.29, 1.82) is 0 Å². The van der Waals surface area contributed by atoms with Gasteiger partial charge in [-0.1, -0.05) is 23.4 Å². The molecule has 0 aliphatic heterocycles. The van der Waals surface area contributed by atoms with E-state index in [0.29, 0.717) is 6.08 Å². The van der Waals surface area contributed by atoms with Gasteiger partial charge in [-0.3, -0.25) is 9.79 Å². The fourth-order valence-corrected chi connectivity index (χ4v) is 2.02. The van der Waals surface area contributed by atoms with Crippen LogP contribution >= 0.6 is 0 Å². The van der Waals surface area contributed by atoms with Crippen molar-refractivity contribution < 1.29 is 26.9 Å². The second-order valence-electron chi connectivity index (χ2n) is 5.40. The SMILES string of the molecule is C=N/C(=C\C=C(/C)C(=O)NCc1cc(-c2ccccc2F)no1)C(F)(F)F. The average molecular weight is 381 g/mol. The standard InChI is InChI=1S/C18H15F4N3O2/c1-11(7-8-16(23-2)18(20,21)22)17(26)24-10-12-9-15(25-27-12)13-5-3-4-6-14(13)19/h3-9H,2,10H2,1H3,(H,24,26)/b11-7+,16-8-. The third kappa shape index (κ3) is 5.37. The van der Waals surface area contributed by atoms with Crippen LogP contribution in [0.5, 0.6) is 0 Å². The summed E-state index contributed by atoms with van der Waals surface area (Å²) < 4.78 is 56.3. The Morgan fingerprint density at radius 1 is 1.33 bits per heavy atom. The molecule has 1 amide bonds. The number of hydrogen-bond donors (Lipinski definition) is 1. The highest BCUT2D eigenvalue weighted by Gasteiger charge is 2.32. The number of benzene rings is 1. The van der Waals surface area contributed by atoms with Crippen LogP contribution in [0, 0.1) is 5.82 Å². The maximum Gasteiger partial charge on any atom is 0.433 e. The minimum absolute atomic E-state index is 0.0224. The van der Waals surface area contributed by atoms with E-state index in [2.05, 4.69) is 22.2 Å². The Kier molecular flexibility index (Phi) is 6.27. The predicted molar refractivity (Wildman–Crippen MR) is 91.2 cm³/mol. The second kappa shape index (κ2) is 8.43. The monoisotopic (exact) mass is 381 g/mol. The van der Waals surface area contributed by atoms with Gasteiger partial charge in [-0.25, -0.2) is 4.39 Å². The van der Waals surface area contributed by atoms with E-state index >= 15 is 0 Å². The van der Waals surface area contributed by atoms with E-state index in [9.17, 15) is 22.4 Å². The van der Waals surface area contributed by atoms with Crippen LogP contribution in [0.4, 0.5) is 17.6 Å². The van der Waals surface area contributed by atoms with E-state index < -0.39 is 23.6 Å². The summed E-state index contributed by atoms with van der Waals surface area (Å²) in [5, 5.41) is 6.20. The van der Waals surface area contributed by atoms with Crippen LogP contribution in [0.2, 0.25) is 0 Å². The zero-order valence-corrected chi connectivity index (χ0v) is 14.2. The Hall–Kier alpha value is -3.23. The van der Waals surface area contributed by atoms with Gasteiger partial charge in [0, 0.05) is 17.2 Å². The van der Waals surface area contributed by atoms with Gasteiger partial charge < -0.3 is 9.84 Å². The molecule has 5 nitrogen and oxygen atoms in total. The summed E-state index contributed by atoms with van der Waals surface area (Å²) in [6.07, 6.45) is -3.01. The highest BCUT2D eigenvalue weighted by atomic mass is 19.4. The van der Waals surface area contributed by atoms with Gasteiger partial charge in [-0.2, -0.15) is 13.2 Å². The van der Waals surface area contributed by atoms with E-state index in [-0.39, 0.29) is 29.1 Å². The van der Waals surface area contributed by atoms with Crippen molar-refractivity contribution in [3.05, 3.63) is 65.3 Å². The molecule has 0 radical (unpaired) electrons. The number of nitrogens with zero attached hydrogens (tertiary/aromatic N) is 2. The zero-order chi connectivity index (χ0) is 20.0. The Labute approximate surface area is 152 Å². The molecule has 0 fully saturated rings. The molecule has 0 aliphatic carbocycles. The van der Waals surface area contributed by atoms with Crippen molar-refractivity contribution in [2.24, 2.45) is 4.99 Å². The summed E-state index contributed by atoms with van der Waals surface area (Å²) in [5.74, 6) is -0.822. The van der Waals surface area contributed by atoms with Gasteiger partial charge in [-0.15, -0.1) is 0 Å². The van der Waals surface area contributed by atoms with Gasteiger partial charge in [0.05, 0.1) is 6.54 Å². The topological polar surface area (TPSA) is 67.5 Å². The van der Waals surface area contributed by atoms with E-state index in [1.54, 1.807) is 6.07 Å². The number of carbonyl (C=O) groups is 1. The fraction of sp³-hybridized carbons (Fsp3) is 0.167. The molecule has 1 aromatic heterocycles. The first-order chi connectivity index (χ1) is 12.7. The Morgan fingerprint density at radius 2 is 2.04 bits per heavy atom. The normalized spacial score (nSPS) is 12.8. The first kappa shape index (κ1) is 20.1. The first-order valence-corrected chi connectivity index (χ1v) is 7.63. The number of aromatic nitrogens is 1. The van der Waals surface area contributed by atoms with Crippen molar-refractivity contribution in [2.45, 2.75) is 19.6 Å². The lowest BCUT2D eigenvalue weighted by atomic mass is 10.1. The Morgan fingerprint density at radius 3 is 2.67 bits per heavy atom. The van der Waals surface area contributed by atoms with Crippen LogP contribution in [-0.2, 0) is 11.3 Å². The molecule has 0 aliphatic rings. The highest BCUT2D eigenvalue weighted by molar-refractivity contribution is 5.93. The van der Waals surface area contributed by atoms with Crippen LogP contribution in [0.1, 0.15) is 12.7 Å². The van der Waals surface area contributed by atoms with Crippen molar-refractivity contribution in [2.75, 3.05) is 0 Å². The molecule has 0 saturated heterocycles. The lowest BCUT2D eigenvalue weighted by Crippen LogP contribution is -2.23. The van der Waals surface area contributed by atoms with Gasteiger partial charge in [0.15, 0.2) is 5.76 Å². The van der Waals surface area contributed by atoms with Crippen LogP contribution in [0.25, 0.3) is 11.3 Å². The molecule has 0 saturated carbocycles. The van der Waals surface area contributed by atoms with Crippen molar-refractivity contribution in [3.63, 3.8) is 0 Å². The van der Waals surface area contributed by atoms with E-state index in [4.69, 9.17) is 4.52 Å². The molecule has 9 heteroatoms. The largest absolute Gasteiger partial charge is 0.433 e. The Balaban J connectivity index is 2.02. The van der Waals surface area contributed by atoms with Crippen molar-refractivity contribution in [1.82, 2.24) is 10.5 Å². The summed E-state index contributed by atoms with van der Waals surface area (Å²) in [5.41, 5.74) is -0.676. The molecule has 1 aromatic carbocycles. The number of halogens is 4. The lowest BCUT2D eigenvalue weighted by Gasteiger charge is -2.05. The molecule has 27 heavy (non-hydrogen) atoms. The quantitative estimate of drug-likeness (QED) is 0.353. The summed E-state index contributed by atoms with van der Waals surface area (Å²) in [6, 6.07) is 7.45. The van der Waals surface area contributed by atoms with Gasteiger partial charge in [0.1, 0.15) is 17.2 Å². The highest BCUT2D eigenvalue weighted by Crippen LogP contribution is 2.26. The molecule has 2 aromatic rings. The minimum atomic E-state index is -4.65. The number of rotatable bonds is 6. The van der Waals surface area contributed by atoms with Gasteiger partial charge in [0.2, 0.25) is 5.91 Å². The lowest BCUT2D eigenvalue weighted by molar-refractivity contribution is -0.117. The molecule has 0 spiro atoms. The number of carbonyl (C=O) groups excluding carboxylic acids is 1. The number of allylic oxidation sites excluding steroid dienone is 3. The molecule has 0 atom stereocenters. The predicted octanol–water partition coefficient (Wildman–Crippen LogP) is 4.19. The fourth-order valence-electron chi connectivity index (χ4n) is 2.02. The van der Waals surface area contributed by atoms with Gasteiger partial charge in [0.25, 0.3) is 0 Å². The molecule has 1 N–H and O–H groups in total. The van der Waals surface area contributed by atoms with E-state index in [1.807, 2.05) is 0 Å². The first-order valence-electron chi connectivity index (χ1n) is 7.63. The summed E-state index contributed by atoms with van der Waals surface area (Å²) in [4.78, 5) is 14.8. The molecule has 0 unspecified atom stereocenters. The number of hydrogen-bond acceptors (Lipinski definition) is 4. The minimum Gasteiger partial charge on any atom is -0.359 e. The zero-order valence-electron chi connectivity index (χ0n) is 14.2. The van der Waals surface area contributed by atoms with Crippen LogP contribution in [0.3, 0.4) is 0 Å². The Bertz CT molecular complexity index is 898. The molecular formula is C18H15F4N3O2. The number of nitrogens with one attached hydrogen (secondary N) is 1. The maximum absolute atomic E-state index is 13.7. The summed E-state index contributed by atoms with van der Waals surface area (Å²) in [6.45, 7) is 4.12. The van der Waals surface area contributed by atoms with Crippen LogP contribution in [0.15, 0.2) is 63.3 Å². The van der Waals surface area contributed by atoms with Crippen molar-refractivity contribution in [3.8, 4) is 11.3 Å².